The second-order valence-electron chi connectivity index (χ2n) is 3.19. The number of carboxylic acid groups (broad SMARTS) is 1. The molecule has 0 fully saturated rings. The lowest BCUT2D eigenvalue weighted by atomic mass is 10.3. The number of hydrogen-bond acceptors (Lipinski definition) is 3. The van der Waals surface area contributed by atoms with Gasteiger partial charge in [-0.3, -0.25) is 9.48 Å². The summed E-state index contributed by atoms with van der Waals surface area (Å²) in [5.41, 5.74) is -0.982. The summed E-state index contributed by atoms with van der Waals surface area (Å²) in [5, 5.41) is 13.7. The van der Waals surface area contributed by atoms with Gasteiger partial charge in [0.1, 0.15) is 0 Å². The van der Waals surface area contributed by atoms with Gasteiger partial charge in [-0.25, -0.2) is 4.79 Å². The molecular weight excluding hydrogens is 243 g/mol. The fraction of sp³-hybridized carbons (Fsp3) is 0.375. The molecule has 6 nitrogen and oxygen atoms in total. The van der Waals surface area contributed by atoms with Crippen molar-refractivity contribution in [3.63, 3.8) is 0 Å². The van der Waals surface area contributed by atoms with Crippen LogP contribution in [0, 0.1) is 6.92 Å². The molecule has 1 rings (SSSR count). The third kappa shape index (κ3) is 2.55. The normalized spacial score (nSPS) is 11.4. The van der Waals surface area contributed by atoms with Crippen LogP contribution in [0.5, 0.6) is 0 Å². The molecule has 17 heavy (non-hydrogen) atoms. The molecule has 0 radical (unpaired) electrons. The van der Waals surface area contributed by atoms with Crippen molar-refractivity contribution in [3.05, 3.63) is 11.4 Å². The number of halogens is 3. The number of nitrogens with one attached hydrogen (secondary N) is 1. The van der Waals surface area contributed by atoms with E-state index < -0.39 is 29.4 Å². The molecule has 0 saturated heterocycles. The van der Waals surface area contributed by atoms with Crippen molar-refractivity contribution in [3.8, 4) is 0 Å². The first kappa shape index (κ1) is 13.0. The molecule has 0 unspecified atom stereocenters. The fourth-order valence-corrected chi connectivity index (χ4v) is 1.09. The number of carbonyl (C=O) groups excluding carboxylic acids is 1. The topological polar surface area (TPSA) is 84.2 Å². The van der Waals surface area contributed by atoms with Gasteiger partial charge >= 0.3 is 18.1 Å². The lowest BCUT2D eigenvalue weighted by Gasteiger charge is -2.07. The maximum Gasteiger partial charge on any atom is 0.471 e. The largest absolute Gasteiger partial charge is 0.476 e. The van der Waals surface area contributed by atoms with E-state index in [2.05, 4.69) is 5.10 Å². The van der Waals surface area contributed by atoms with E-state index in [4.69, 9.17) is 5.11 Å². The molecule has 1 aromatic rings. The summed E-state index contributed by atoms with van der Waals surface area (Å²) >= 11 is 0. The molecule has 0 bridgehead atoms. The van der Waals surface area contributed by atoms with Crippen LogP contribution >= 0.6 is 0 Å². The number of aromatic carboxylic acids is 1. The highest BCUT2D eigenvalue weighted by molar-refractivity contribution is 6.01. The standard InChI is InChI=1S/C8H8F3N3O3/c1-3-4(12-7(17)8(9,10)11)5(6(15)16)13-14(3)2/h1-2H3,(H,12,17)(H,15,16). The summed E-state index contributed by atoms with van der Waals surface area (Å²) in [7, 11) is 1.35. The van der Waals surface area contributed by atoms with Gasteiger partial charge in [-0.2, -0.15) is 18.3 Å². The SMILES string of the molecule is Cc1c(NC(=O)C(F)(F)F)c(C(=O)O)nn1C. The van der Waals surface area contributed by atoms with Crippen LogP contribution in [-0.2, 0) is 11.8 Å². The zero-order chi connectivity index (χ0) is 13.4. The highest BCUT2D eigenvalue weighted by atomic mass is 19.4. The number of anilines is 1. The molecule has 0 aliphatic rings. The maximum atomic E-state index is 12.0. The van der Waals surface area contributed by atoms with Gasteiger partial charge in [0.2, 0.25) is 0 Å². The van der Waals surface area contributed by atoms with Crippen molar-refractivity contribution in [1.82, 2.24) is 9.78 Å². The zero-order valence-electron chi connectivity index (χ0n) is 8.79. The summed E-state index contributed by atoms with van der Waals surface area (Å²) in [6.45, 7) is 1.34. The van der Waals surface area contributed by atoms with E-state index in [0.29, 0.717) is 0 Å². The lowest BCUT2D eigenvalue weighted by molar-refractivity contribution is -0.167. The van der Waals surface area contributed by atoms with E-state index in [1.165, 1.54) is 19.3 Å². The first-order valence-corrected chi connectivity index (χ1v) is 4.29. The molecule has 1 aromatic heterocycles. The predicted molar refractivity (Wildman–Crippen MR) is 49.6 cm³/mol. The van der Waals surface area contributed by atoms with E-state index >= 15 is 0 Å². The number of rotatable bonds is 2. The van der Waals surface area contributed by atoms with Crippen molar-refractivity contribution >= 4 is 17.6 Å². The van der Waals surface area contributed by atoms with Crippen LogP contribution in [0.3, 0.4) is 0 Å². The Hall–Kier alpha value is -2.06. The monoisotopic (exact) mass is 251 g/mol. The second kappa shape index (κ2) is 4.07. The average molecular weight is 251 g/mol. The minimum atomic E-state index is -5.09. The van der Waals surface area contributed by atoms with Crippen LogP contribution in [0.15, 0.2) is 0 Å². The number of carboxylic acids is 1. The van der Waals surface area contributed by atoms with E-state index in [9.17, 15) is 22.8 Å². The molecule has 9 heteroatoms. The van der Waals surface area contributed by atoms with Crippen LogP contribution in [0.2, 0.25) is 0 Å². The molecule has 94 valence electrons. The van der Waals surface area contributed by atoms with E-state index in [1.54, 1.807) is 0 Å². The summed E-state index contributed by atoms with van der Waals surface area (Å²) < 4.78 is 37.1. The number of hydrogen-bond donors (Lipinski definition) is 2. The Labute approximate surface area is 93.0 Å². The van der Waals surface area contributed by atoms with Crippen molar-refractivity contribution in [2.24, 2.45) is 7.05 Å². The molecule has 0 saturated carbocycles. The van der Waals surface area contributed by atoms with Gasteiger partial charge < -0.3 is 10.4 Å². The van der Waals surface area contributed by atoms with Crippen LogP contribution in [-0.4, -0.2) is 32.9 Å². The number of carbonyl (C=O) groups is 2. The van der Waals surface area contributed by atoms with Gasteiger partial charge in [0.05, 0.1) is 11.4 Å². The average Bonchev–Trinajstić information content (AvgIpc) is 2.44. The van der Waals surface area contributed by atoms with Crippen LogP contribution < -0.4 is 5.32 Å². The fourth-order valence-electron chi connectivity index (χ4n) is 1.09. The van der Waals surface area contributed by atoms with Gasteiger partial charge in [0, 0.05) is 7.05 Å². The van der Waals surface area contributed by atoms with Crippen molar-refractivity contribution in [2.75, 3.05) is 5.32 Å². The predicted octanol–water partition coefficient (Wildman–Crippen LogP) is 0.928. The summed E-state index contributed by atoms with van der Waals surface area (Å²) in [6, 6.07) is 0. The van der Waals surface area contributed by atoms with Crippen molar-refractivity contribution in [2.45, 2.75) is 13.1 Å². The zero-order valence-corrected chi connectivity index (χ0v) is 8.79. The van der Waals surface area contributed by atoms with Crippen LogP contribution in [0.25, 0.3) is 0 Å². The molecule has 1 amide bonds. The van der Waals surface area contributed by atoms with E-state index in [0.717, 1.165) is 4.68 Å². The molecule has 0 aliphatic heterocycles. The number of aromatic nitrogens is 2. The Morgan fingerprint density at radius 2 is 1.94 bits per heavy atom. The Bertz CT molecular complexity index is 478. The Morgan fingerprint density at radius 1 is 1.41 bits per heavy atom. The minimum absolute atomic E-state index is 0.111. The smallest absolute Gasteiger partial charge is 0.471 e. The van der Waals surface area contributed by atoms with Gasteiger partial charge in [-0.1, -0.05) is 0 Å². The Balaban J connectivity index is 3.14. The summed E-state index contributed by atoms with van der Waals surface area (Å²) in [6.07, 6.45) is -5.09. The quantitative estimate of drug-likeness (QED) is 0.818. The molecule has 1 heterocycles. The first-order chi connectivity index (χ1) is 7.64. The third-order valence-corrected chi connectivity index (χ3v) is 2.03. The first-order valence-electron chi connectivity index (χ1n) is 4.29. The third-order valence-electron chi connectivity index (χ3n) is 2.03. The Morgan fingerprint density at radius 3 is 2.35 bits per heavy atom. The summed E-state index contributed by atoms with van der Waals surface area (Å²) in [4.78, 5) is 21.4. The second-order valence-corrected chi connectivity index (χ2v) is 3.19. The highest BCUT2D eigenvalue weighted by Gasteiger charge is 2.40. The van der Waals surface area contributed by atoms with Gasteiger partial charge in [0.25, 0.3) is 0 Å². The minimum Gasteiger partial charge on any atom is -0.476 e. The maximum absolute atomic E-state index is 12.0. The summed E-state index contributed by atoms with van der Waals surface area (Å²) in [5.74, 6) is -3.76. The molecule has 0 aromatic carbocycles. The number of nitrogens with zero attached hydrogens (tertiary/aromatic N) is 2. The van der Waals surface area contributed by atoms with Crippen LogP contribution in [0.4, 0.5) is 18.9 Å². The van der Waals surface area contributed by atoms with Crippen molar-refractivity contribution < 1.29 is 27.9 Å². The molecular formula is C8H8F3N3O3. The van der Waals surface area contributed by atoms with Gasteiger partial charge in [0.15, 0.2) is 5.69 Å². The number of aryl methyl sites for hydroxylation is 1. The number of amides is 1. The lowest BCUT2D eigenvalue weighted by Crippen LogP contribution is -2.30. The Kier molecular flexibility index (Phi) is 3.12. The van der Waals surface area contributed by atoms with Crippen molar-refractivity contribution in [1.29, 1.82) is 0 Å². The molecule has 0 aliphatic carbocycles. The van der Waals surface area contributed by atoms with Crippen LogP contribution in [0.1, 0.15) is 16.2 Å². The highest BCUT2D eigenvalue weighted by Crippen LogP contribution is 2.23. The molecule has 0 atom stereocenters. The van der Waals surface area contributed by atoms with E-state index in [1.807, 2.05) is 0 Å². The molecule has 2 N–H and O–H groups in total. The molecule has 0 spiro atoms. The van der Waals surface area contributed by atoms with Gasteiger partial charge in [-0.15, -0.1) is 0 Å². The van der Waals surface area contributed by atoms with Gasteiger partial charge in [-0.05, 0) is 6.92 Å². The van der Waals surface area contributed by atoms with E-state index in [-0.39, 0.29) is 5.69 Å². The number of alkyl halides is 3.